The Kier molecular flexibility index (Phi) is 8.79. The molecule has 0 aromatic heterocycles. The zero-order chi connectivity index (χ0) is 31.5. The monoisotopic (exact) mass is 602 g/mol. The van der Waals surface area contributed by atoms with E-state index in [-0.39, 0.29) is 30.3 Å². The minimum Gasteiger partial charge on any atom is -0.481 e. The summed E-state index contributed by atoms with van der Waals surface area (Å²) in [4.78, 5) is 39.9. The van der Waals surface area contributed by atoms with Crippen LogP contribution < -0.4 is 0 Å². The van der Waals surface area contributed by atoms with Gasteiger partial charge >= 0.3 is 11.9 Å². The number of hydrogen-bond donors (Lipinski definition) is 2. The molecule has 1 heterocycles. The number of hydrogen-bond acceptors (Lipinski definition) is 8. The summed E-state index contributed by atoms with van der Waals surface area (Å²) < 4.78 is 24.0. The van der Waals surface area contributed by atoms with Gasteiger partial charge in [0.25, 0.3) is 0 Å². The van der Waals surface area contributed by atoms with Crippen LogP contribution in [0.4, 0.5) is 0 Å². The summed E-state index contributed by atoms with van der Waals surface area (Å²) in [5.41, 5.74) is -1.99. The summed E-state index contributed by atoms with van der Waals surface area (Å²) in [6.45, 7) is 11.7. The SMILES string of the molecule is CCC/C=C(\C)C(=O)O[C@H]1[C@H](O)[C@H](OCC23CC4C(C)CCC4C4(C=O)CC2C=C(C(C)C)C43C(=O)O)O[C@H](C)[C@H]1OC. The molecule has 0 amide bonds. The first-order chi connectivity index (χ1) is 20.4. The highest BCUT2D eigenvalue weighted by Crippen LogP contribution is 2.82. The Bertz CT molecular complexity index is 1180. The first kappa shape index (κ1) is 32.3. The van der Waals surface area contributed by atoms with Gasteiger partial charge in [-0.15, -0.1) is 0 Å². The number of ether oxygens (including phenoxy) is 4. The minimum atomic E-state index is -1.39. The van der Waals surface area contributed by atoms with Crippen LogP contribution in [-0.4, -0.2) is 72.9 Å². The van der Waals surface area contributed by atoms with Crippen molar-refractivity contribution in [2.75, 3.05) is 13.7 Å². The highest BCUT2D eigenvalue weighted by molar-refractivity contribution is 5.90. The molecule has 43 heavy (non-hydrogen) atoms. The third-order valence-electron chi connectivity index (χ3n) is 12.0. The van der Waals surface area contributed by atoms with E-state index in [0.717, 1.165) is 37.5 Å². The van der Waals surface area contributed by atoms with Crippen molar-refractivity contribution in [1.82, 2.24) is 0 Å². The zero-order valence-corrected chi connectivity index (χ0v) is 26.7. The predicted molar refractivity (Wildman–Crippen MR) is 158 cm³/mol. The van der Waals surface area contributed by atoms with Crippen LogP contribution in [0.3, 0.4) is 0 Å². The molecule has 240 valence electrons. The molecule has 5 aliphatic rings. The van der Waals surface area contributed by atoms with Crippen LogP contribution in [0.2, 0.25) is 0 Å². The topological polar surface area (TPSA) is 129 Å². The maximum atomic E-state index is 13.7. The third-order valence-corrected chi connectivity index (χ3v) is 12.0. The Labute approximate surface area is 255 Å². The highest BCUT2D eigenvalue weighted by atomic mass is 16.7. The van der Waals surface area contributed by atoms with Crippen LogP contribution in [-0.2, 0) is 33.3 Å². The van der Waals surface area contributed by atoms with Crippen molar-refractivity contribution in [3.63, 3.8) is 0 Å². The maximum Gasteiger partial charge on any atom is 0.333 e. The largest absolute Gasteiger partial charge is 0.481 e. The number of fused-ring (bicyclic) bond motifs is 2. The fourth-order valence-electron chi connectivity index (χ4n) is 10.1. The number of carboxylic acids is 1. The summed E-state index contributed by atoms with van der Waals surface area (Å²) in [5, 5.41) is 22.7. The molecule has 2 N–H and O–H groups in total. The molecule has 0 aromatic rings. The van der Waals surface area contributed by atoms with Crippen molar-refractivity contribution in [3.05, 3.63) is 23.3 Å². The Hall–Kier alpha value is -2.07. The normalized spacial score (nSPS) is 45.2. The number of esters is 1. The number of carboxylic acid groups (broad SMARTS) is 1. The molecule has 0 aromatic carbocycles. The van der Waals surface area contributed by atoms with Crippen LogP contribution in [0.5, 0.6) is 0 Å². The van der Waals surface area contributed by atoms with E-state index in [2.05, 4.69) is 13.0 Å². The molecule has 7 unspecified atom stereocenters. The molecular weight excluding hydrogens is 552 g/mol. The lowest BCUT2D eigenvalue weighted by Gasteiger charge is -2.58. The molecule has 4 aliphatic carbocycles. The lowest BCUT2D eigenvalue weighted by molar-refractivity contribution is -0.308. The van der Waals surface area contributed by atoms with Crippen LogP contribution in [0.1, 0.15) is 80.1 Å². The van der Waals surface area contributed by atoms with Crippen LogP contribution in [0, 0.1) is 45.8 Å². The Morgan fingerprint density at radius 1 is 1.19 bits per heavy atom. The standard InChI is InChI=1S/C34H50O9/c1-8-9-10-20(5)29(37)43-28-26(36)30(42-21(6)27(28)40-7)41-17-33-15-23-19(4)11-12-24(23)32(16-35)14-22(33)13-25(18(2)3)34(32,33)31(38)39/h10,13,16,18-19,21-24,26-28,30,36H,8-9,11-12,14-15,17H2,1-7H3,(H,38,39)/b20-10+/t19?,21-,22?,23?,24?,26+,27-,28+,30-,32?,33?,34?/m1/s1. The van der Waals surface area contributed by atoms with Gasteiger partial charge in [0.05, 0.1) is 18.1 Å². The van der Waals surface area contributed by atoms with Crippen molar-refractivity contribution in [2.24, 2.45) is 45.8 Å². The predicted octanol–water partition coefficient (Wildman–Crippen LogP) is 4.71. The second-order valence-electron chi connectivity index (χ2n) is 14.2. The van der Waals surface area contributed by atoms with E-state index >= 15 is 0 Å². The summed E-state index contributed by atoms with van der Waals surface area (Å²) in [6.07, 6.45) is 4.61. The van der Waals surface area contributed by atoms with Gasteiger partial charge in [0.1, 0.15) is 23.9 Å². The van der Waals surface area contributed by atoms with Crippen molar-refractivity contribution >= 4 is 18.2 Å². The van der Waals surface area contributed by atoms with Gasteiger partial charge in [0, 0.05) is 18.1 Å². The number of unbranched alkanes of at least 4 members (excludes halogenated alkanes) is 1. The van der Waals surface area contributed by atoms with Crippen molar-refractivity contribution in [3.8, 4) is 0 Å². The summed E-state index contributed by atoms with van der Waals surface area (Å²) >= 11 is 0. The summed E-state index contributed by atoms with van der Waals surface area (Å²) in [5.74, 6) is -1.09. The van der Waals surface area contributed by atoms with E-state index in [9.17, 15) is 24.6 Å². The number of aldehydes is 1. The molecule has 1 saturated heterocycles. The number of aliphatic hydroxyl groups is 1. The lowest BCUT2D eigenvalue weighted by atomic mass is 9.43. The Morgan fingerprint density at radius 2 is 1.91 bits per heavy atom. The fraction of sp³-hybridized carbons (Fsp3) is 0.794. The fourth-order valence-corrected chi connectivity index (χ4v) is 10.1. The number of carbonyl (C=O) groups excluding carboxylic acids is 2. The average molecular weight is 603 g/mol. The highest BCUT2D eigenvalue weighted by Gasteiger charge is 2.84. The summed E-state index contributed by atoms with van der Waals surface area (Å²) in [6, 6.07) is 0. The Balaban J connectivity index is 1.48. The quantitative estimate of drug-likeness (QED) is 0.150. The van der Waals surface area contributed by atoms with Gasteiger partial charge in [-0.05, 0) is 69.1 Å². The molecule has 3 saturated carbocycles. The van der Waals surface area contributed by atoms with Gasteiger partial charge in [-0.3, -0.25) is 4.79 Å². The van der Waals surface area contributed by atoms with Crippen molar-refractivity contribution in [1.29, 1.82) is 0 Å². The van der Waals surface area contributed by atoms with Gasteiger partial charge in [-0.25, -0.2) is 4.79 Å². The molecular formula is C34H50O9. The molecule has 1 aliphatic heterocycles. The van der Waals surface area contributed by atoms with Crippen LogP contribution in [0.15, 0.2) is 23.3 Å². The average Bonchev–Trinajstić information content (AvgIpc) is 3.54. The molecule has 9 heteroatoms. The second-order valence-corrected chi connectivity index (χ2v) is 14.2. The van der Waals surface area contributed by atoms with E-state index in [1.165, 1.54) is 7.11 Å². The van der Waals surface area contributed by atoms with E-state index in [4.69, 9.17) is 18.9 Å². The van der Waals surface area contributed by atoms with Crippen molar-refractivity contribution < 1.29 is 43.5 Å². The molecule has 0 radical (unpaired) electrons. The number of aliphatic carboxylic acids is 1. The zero-order valence-electron chi connectivity index (χ0n) is 26.7. The Morgan fingerprint density at radius 3 is 2.51 bits per heavy atom. The van der Waals surface area contributed by atoms with Crippen LogP contribution >= 0.6 is 0 Å². The first-order valence-corrected chi connectivity index (χ1v) is 16.1. The smallest absolute Gasteiger partial charge is 0.333 e. The van der Waals surface area contributed by atoms with E-state index in [0.29, 0.717) is 24.3 Å². The number of methoxy groups -OCH3 is 1. The van der Waals surface area contributed by atoms with Gasteiger partial charge in [0.15, 0.2) is 12.4 Å². The summed E-state index contributed by atoms with van der Waals surface area (Å²) in [7, 11) is 1.48. The van der Waals surface area contributed by atoms with Crippen LogP contribution in [0.25, 0.3) is 0 Å². The van der Waals surface area contributed by atoms with Gasteiger partial charge in [0.2, 0.25) is 0 Å². The first-order valence-electron chi connectivity index (χ1n) is 16.1. The van der Waals surface area contributed by atoms with Gasteiger partial charge < -0.3 is 34.0 Å². The maximum absolute atomic E-state index is 13.7. The van der Waals surface area contributed by atoms with Crippen molar-refractivity contribution in [2.45, 2.75) is 111 Å². The lowest BCUT2D eigenvalue weighted by Crippen LogP contribution is -2.64. The third kappa shape index (κ3) is 4.43. The van der Waals surface area contributed by atoms with Gasteiger partial charge in [-0.2, -0.15) is 0 Å². The number of allylic oxidation sites excluding steroid dienone is 2. The van der Waals surface area contributed by atoms with E-state index in [1.54, 1.807) is 13.8 Å². The second kappa shape index (κ2) is 11.7. The van der Waals surface area contributed by atoms with E-state index < -0.39 is 58.9 Å². The number of aliphatic hydroxyl groups excluding tert-OH is 1. The molecule has 4 fully saturated rings. The molecule has 0 spiro atoms. The van der Waals surface area contributed by atoms with E-state index in [1.807, 2.05) is 26.8 Å². The molecule has 12 atom stereocenters. The number of rotatable bonds is 11. The van der Waals surface area contributed by atoms with Gasteiger partial charge in [-0.1, -0.05) is 58.3 Å². The molecule has 4 bridgehead atoms. The minimum absolute atomic E-state index is 0.00437. The molecule has 9 nitrogen and oxygen atoms in total. The molecule has 5 rings (SSSR count). The number of carbonyl (C=O) groups is 3.